The molecular formula is C25H30FN3O2. The number of hydrogen-bond donors (Lipinski definition) is 1. The van der Waals surface area contributed by atoms with Gasteiger partial charge in [-0.2, -0.15) is 0 Å². The fraction of sp³-hybridized carbons (Fsp3) is 0.440. The summed E-state index contributed by atoms with van der Waals surface area (Å²) >= 11 is 0. The van der Waals surface area contributed by atoms with Crippen LogP contribution in [0.4, 0.5) is 15.8 Å². The summed E-state index contributed by atoms with van der Waals surface area (Å²) in [5.74, 6) is 0.232. The molecule has 5 nitrogen and oxygen atoms in total. The Morgan fingerprint density at radius 2 is 1.74 bits per heavy atom. The number of amides is 2. The van der Waals surface area contributed by atoms with E-state index in [-0.39, 0.29) is 17.6 Å². The van der Waals surface area contributed by atoms with Crippen LogP contribution in [0, 0.1) is 12.7 Å². The number of benzene rings is 2. The molecular weight excluding hydrogens is 393 g/mol. The Bertz CT molecular complexity index is 961. The summed E-state index contributed by atoms with van der Waals surface area (Å²) in [4.78, 5) is 28.1. The molecule has 2 aliphatic rings. The molecule has 2 aromatic carbocycles. The second-order valence-electron chi connectivity index (χ2n) is 8.91. The first-order valence-corrected chi connectivity index (χ1v) is 11.0. The van der Waals surface area contributed by atoms with Crippen molar-refractivity contribution in [3.63, 3.8) is 0 Å². The van der Waals surface area contributed by atoms with E-state index in [0.29, 0.717) is 30.1 Å². The van der Waals surface area contributed by atoms with Gasteiger partial charge >= 0.3 is 0 Å². The number of rotatable bonds is 5. The zero-order chi connectivity index (χ0) is 22.1. The Labute approximate surface area is 183 Å². The molecule has 2 aliphatic heterocycles. The Hall–Kier alpha value is -2.73. The SMILES string of the molecule is CC(=O)N(C)c1ccc(NC(=O)CN2[C@@H]3CC[C@H]2CC(c2ccc(F)c(C)c2)C3)cc1. The number of halogens is 1. The summed E-state index contributed by atoms with van der Waals surface area (Å²) in [6.07, 6.45) is 4.25. The smallest absolute Gasteiger partial charge is 0.238 e. The molecule has 0 aliphatic carbocycles. The molecule has 0 spiro atoms. The second-order valence-corrected chi connectivity index (χ2v) is 8.91. The van der Waals surface area contributed by atoms with Gasteiger partial charge in [-0.1, -0.05) is 12.1 Å². The Kier molecular flexibility index (Phi) is 6.10. The lowest BCUT2D eigenvalue weighted by molar-refractivity contribution is -0.118. The van der Waals surface area contributed by atoms with Crippen molar-refractivity contribution in [3.05, 3.63) is 59.4 Å². The molecule has 2 bridgehead atoms. The van der Waals surface area contributed by atoms with Gasteiger partial charge in [-0.25, -0.2) is 4.39 Å². The van der Waals surface area contributed by atoms with Gasteiger partial charge in [0.15, 0.2) is 0 Å². The number of carbonyl (C=O) groups excluding carboxylic acids is 2. The quantitative estimate of drug-likeness (QED) is 0.772. The molecule has 0 radical (unpaired) electrons. The first-order chi connectivity index (χ1) is 14.8. The molecule has 2 aromatic rings. The highest BCUT2D eigenvalue weighted by molar-refractivity contribution is 5.94. The fourth-order valence-corrected chi connectivity index (χ4v) is 5.04. The van der Waals surface area contributed by atoms with E-state index in [2.05, 4.69) is 10.2 Å². The highest BCUT2D eigenvalue weighted by Gasteiger charge is 2.41. The van der Waals surface area contributed by atoms with E-state index in [1.54, 1.807) is 18.0 Å². The summed E-state index contributed by atoms with van der Waals surface area (Å²) < 4.78 is 13.6. The minimum atomic E-state index is -0.151. The lowest BCUT2D eigenvalue weighted by atomic mass is 9.84. The van der Waals surface area contributed by atoms with Crippen LogP contribution in [0.3, 0.4) is 0 Å². The van der Waals surface area contributed by atoms with Gasteiger partial charge in [-0.3, -0.25) is 14.5 Å². The van der Waals surface area contributed by atoms with Crippen molar-refractivity contribution in [1.29, 1.82) is 0 Å². The first-order valence-electron chi connectivity index (χ1n) is 11.0. The van der Waals surface area contributed by atoms with Gasteiger partial charge in [0.2, 0.25) is 11.8 Å². The summed E-state index contributed by atoms with van der Waals surface area (Å²) in [5.41, 5.74) is 3.44. The maximum atomic E-state index is 13.6. The van der Waals surface area contributed by atoms with Crippen molar-refractivity contribution < 1.29 is 14.0 Å². The monoisotopic (exact) mass is 423 g/mol. The minimum absolute atomic E-state index is 0.0133. The van der Waals surface area contributed by atoms with Crippen molar-refractivity contribution in [2.45, 2.75) is 57.5 Å². The topological polar surface area (TPSA) is 52.7 Å². The van der Waals surface area contributed by atoms with Crippen LogP contribution in [0.2, 0.25) is 0 Å². The molecule has 1 unspecified atom stereocenters. The van der Waals surface area contributed by atoms with Crippen LogP contribution in [0.25, 0.3) is 0 Å². The zero-order valence-corrected chi connectivity index (χ0v) is 18.4. The maximum absolute atomic E-state index is 13.6. The van der Waals surface area contributed by atoms with Gasteiger partial charge in [0.25, 0.3) is 0 Å². The Balaban J connectivity index is 1.35. The van der Waals surface area contributed by atoms with E-state index in [1.807, 2.05) is 43.3 Å². The van der Waals surface area contributed by atoms with E-state index in [9.17, 15) is 14.0 Å². The lowest BCUT2D eigenvalue weighted by Crippen LogP contribution is -2.46. The molecule has 2 heterocycles. The molecule has 0 aromatic heterocycles. The summed E-state index contributed by atoms with van der Waals surface area (Å²) in [5, 5.41) is 2.98. The largest absolute Gasteiger partial charge is 0.325 e. The number of piperidine rings is 1. The van der Waals surface area contributed by atoms with Crippen molar-refractivity contribution in [1.82, 2.24) is 4.90 Å². The number of aryl methyl sites for hydroxylation is 1. The zero-order valence-electron chi connectivity index (χ0n) is 18.4. The summed E-state index contributed by atoms with van der Waals surface area (Å²) in [6, 6.07) is 13.6. The molecule has 2 saturated heterocycles. The molecule has 0 saturated carbocycles. The standard InChI is InChI=1S/C25H30FN3O2/c1-16-12-18(4-11-24(16)26)19-13-22-9-10-23(14-19)29(22)15-25(31)27-20-5-7-21(8-6-20)28(3)17(2)30/h4-8,11-12,19,22-23H,9-10,13-15H2,1-3H3,(H,27,31)/t19?,22-,23+. The number of anilines is 2. The Morgan fingerprint density at radius 1 is 1.10 bits per heavy atom. The van der Waals surface area contributed by atoms with Crippen LogP contribution in [0.1, 0.15) is 49.7 Å². The van der Waals surface area contributed by atoms with Crippen molar-refractivity contribution in [2.24, 2.45) is 0 Å². The number of nitrogens with one attached hydrogen (secondary N) is 1. The second kappa shape index (κ2) is 8.79. The van der Waals surface area contributed by atoms with Gasteiger partial charge in [-0.05, 0) is 80.0 Å². The Morgan fingerprint density at radius 3 is 2.32 bits per heavy atom. The number of hydrogen-bond acceptors (Lipinski definition) is 3. The van der Waals surface area contributed by atoms with Crippen LogP contribution in [0.5, 0.6) is 0 Å². The van der Waals surface area contributed by atoms with Gasteiger partial charge in [-0.15, -0.1) is 0 Å². The van der Waals surface area contributed by atoms with E-state index >= 15 is 0 Å². The molecule has 164 valence electrons. The normalized spacial score (nSPS) is 22.9. The van der Waals surface area contributed by atoms with E-state index in [4.69, 9.17) is 0 Å². The van der Waals surface area contributed by atoms with E-state index in [1.165, 1.54) is 12.5 Å². The molecule has 3 atom stereocenters. The van der Waals surface area contributed by atoms with Crippen molar-refractivity contribution >= 4 is 23.2 Å². The lowest BCUT2D eigenvalue weighted by Gasteiger charge is -2.38. The minimum Gasteiger partial charge on any atom is -0.325 e. The number of carbonyl (C=O) groups is 2. The molecule has 2 amide bonds. The predicted octanol–water partition coefficient (Wildman–Crippen LogP) is 4.47. The predicted molar refractivity (Wildman–Crippen MR) is 121 cm³/mol. The number of nitrogens with zero attached hydrogens (tertiary/aromatic N) is 2. The van der Waals surface area contributed by atoms with Crippen molar-refractivity contribution in [3.8, 4) is 0 Å². The maximum Gasteiger partial charge on any atom is 0.238 e. The van der Waals surface area contributed by atoms with Gasteiger partial charge in [0.05, 0.1) is 6.54 Å². The number of fused-ring (bicyclic) bond motifs is 2. The molecule has 2 fully saturated rings. The van der Waals surface area contributed by atoms with Gasteiger partial charge < -0.3 is 10.2 Å². The van der Waals surface area contributed by atoms with E-state index < -0.39 is 0 Å². The van der Waals surface area contributed by atoms with Crippen LogP contribution in [0.15, 0.2) is 42.5 Å². The van der Waals surface area contributed by atoms with Crippen LogP contribution < -0.4 is 10.2 Å². The molecule has 31 heavy (non-hydrogen) atoms. The van der Waals surface area contributed by atoms with E-state index in [0.717, 1.165) is 37.1 Å². The van der Waals surface area contributed by atoms with Gasteiger partial charge in [0, 0.05) is 37.4 Å². The molecule has 6 heteroatoms. The van der Waals surface area contributed by atoms with Crippen LogP contribution in [-0.4, -0.2) is 42.4 Å². The highest BCUT2D eigenvalue weighted by Crippen LogP contribution is 2.43. The van der Waals surface area contributed by atoms with Crippen LogP contribution in [-0.2, 0) is 9.59 Å². The van der Waals surface area contributed by atoms with Crippen LogP contribution >= 0.6 is 0 Å². The summed E-state index contributed by atoms with van der Waals surface area (Å²) in [7, 11) is 1.72. The molecule has 1 N–H and O–H groups in total. The first kappa shape index (κ1) is 21.5. The third-order valence-electron chi connectivity index (χ3n) is 6.87. The third-order valence-corrected chi connectivity index (χ3v) is 6.87. The average Bonchev–Trinajstić information content (AvgIpc) is 2.96. The van der Waals surface area contributed by atoms with Crippen molar-refractivity contribution in [2.75, 3.05) is 23.8 Å². The third kappa shape index (κ3) is 4.64. The summed E-state index contributed by atoms with van der Waals surface area (Å²) in [6.45, 7) is 3.72. The fourth-order valence-electron chi connectivity index (χ4n) is 5.04. The van der Waals surface area contributed by atoms with Gasteiger partial charge in [0.1, 0.15) is 5.82 Å². The average molecular weight is 424 g/mol. The highest BCUT2D eigenvalue weighted by atomic mass is 19.1. The molecule has 4 rings (SSSR count).